The number of nitrogens with zero attached hydrogens (tertiary/aromatic N) is 1. The Kier molecular flexibility index (Phi) is 2.96. The lowest BCUT2D eigenvalue weighted by Gasteiger charge is -2.21. The van der Waals surface area contributed by atoms with Crippen LogP contribution in [0.15, 0.2) is 6.20 Å². The van der Waals surface area contributed by atoms with Gasteiger partial charge < -0.3 is 5.32 Å². The quantitative estimate of drug-likeness (QED) is 0.786. The van der Waals surface area contributed by atoms with Crippen LogP contribution in [0, 0.1) is 0 Å². The normalized spacial score (nSPS) is 23.3. The first-order valence-electron chi connectivity index (χ1n) is 5.08. The second-order valence-corrected chi connectivity index (χ2v) is 4.67. The zero-order chi connectivity index (χ0) is 9.10. The Labute approximate surface area is 83.4 Å². The zero-order valence-corrected chi connectivity index (χ0v) is 8.86. The molecule has 0 bridgehead atoms. The minimum absolute atomic E-state index is 0.541. The summed E-state index contributed by atoms with van der Waals surface area (Å²) in [6, 6.07) is 0.541. The second-order valence-electron chi connectivity index (χ2n) is 3.52. The van der Waals surface area contributed by atoms with E-state index in [0.717, 1.165) is 13.0 Å². The van der Waals surface area contributed by atoms with Crippen molar-refractivity contribution in [3.63, 3.8) is 0 Å². The molecule has 1 aliphatic rings. The highest BCUT2D eigenvalue weighted by Gasteiger charge is 2.17. The van der Waals surface area contributed by atoms with Gasteiger partial charge in [-0.1, -0.05) is 13.3 Å². The predicted molar refractivity (Wildman–Crippen MR) is 56.1 cm³/mol. The van der Waals surface area contributed by atoms with Gasteiger partial charge in [0.05, 0.1) is 6.04 Å². The molecule has 0 aromatic carbocycles. The Hall–Kier alpha value is -0.410. The maximum Gasteiger partial charge on any atom is 0.110 e. The highest BCUT2D eigenvalue weighted by atomic mass is 32.1. The van der Waals surface area contributed by atoms with E-state index in [0.29, 0.717) is 6.04 Å². The minimum Gasteiger partial charge on any atom is -0.308 e. The molecule has 1 saturated heterocycles. The van der Waals surface area contributed by atoms with Gasteiger partial charge in [-0.3, -0.25) is 0 Å². The van der Waals surface area contributed by atoms with Gasteiger partial charge in [0.1, 0.15) is 5.01 Å². The molecule has 1 fully saturated rings. The maximum atomic E-state index is 4.47. The van der Waals surface area contributed by atoms with Gasteiger partial charge in [0.25, 0.3) is 0 Å². The molecule has 2 heterocycles. The molecule has 0 amide bonds. The maximum absolute atomic E-state index is 4.47. The lowest BCUT2D eigenvalue weighted by Crippen LogP contribution is -2.26. The van der Waals surface area contributed by atoms with Gasteiger partial charge in [-0.15, -0.1) is 11.3 Å². The molecule has 3 heteroatoms. The highest BCUT2D eigenvalue weighted by Crippen LogP contribution is 2.26. The van der Waals surface area contributed by atoms with E-state index in [1.807, 2.05) is 17.5 Å². The first-order valence-corrected chi connectivity index (χ1v) is 5.90. The summed E-state index contributed by atoms with van der Waals surface area (Å²) in [5.41, 5.74) is 0. The van der Waals surface area contributed by atoms with Gasteiger partial charge in [-0.05, 0) is 25.8 Å². The summed E-state index contributed by atoms with van der Waals surface area (Å²) in [5, 5.41) is 4.81. The lowest BCUT2D eigenvalue weighted by atomic mass is 10.1. The van der Waals surface area contributed by atoms with E-state index < -0.39 is 0 Å². The summed E-state index contributed by atoms with van der Waals surface area (Å²) in [6.07, 6.45) is 7.07. The zero-order valence-electron chi connectivity index (χ0n) is 8.05. The first-order chi connectivity index (χ1) is 6.40. The molecule has 72 valence electrons. The number of aryl methyl sites for hydroxylation is 1. The van der Waals surface area contributed by atoms with Crippen LogP contribution in [0.25, 0.3) is 0 Å². The number of hydrogen-bond donors (Lipinski definition) is 1. The van der Waals surface area contributed by atoms with Crippen LogP contribution in [0.1, 0.15) is 42.1 Å². The predicted octanol–water partition coefficient (Wildman–Crippen LogP) is 2.52. The molecular weight excluding hydrogens is 180 g/mol. The number of piperidine rings is 1. The summed E-state index contributed by atoms with van der Waals surface area (Å²) in [4.78, 5) is 5.87. The molecule has 0 spiro atoms. The van der Waals surface area contributed by atoms with E-state index in [4.69, 9.17) is 0 Å². The van der Waals surface area contributed by atoms with Crippen LogP contribution in [0.3, 0.4) is 0 Å². The smallest absolute Gasteiger partial charge is 0.110 e. The molecule has 1 aromatic rings. The van der Waals surface area contributed by atoms with Crippen LogP contribution >= 0.6 is 11.3 Å². The van der Waals surface area contributed by atoms with E-state index in [2.05, 4.69) is 17.2 Å². The van der Waals surface area contributed by atoms with E-state index in [9.17, 15) is 0 Å². The van der Waals surface area contributed by atoms with Crippen LogP contribution in [0.4, 0.5) is 0 Å². The van der Waals surface area contributed by atoms with Crippen molar-refractivity contribution in [3.05, 3.63) is 16.1 Å². The molecule has 1 atom stereocenters. The topological polar surface area (TPSA) is 24.9 Å². The van der Waals surface area contributed by atoms with Gasteiger partial charge >= 0.3 is 0 Å². The minimum atomic E-state index is 0.541. The van der Waals surface area contributed by atoms with Crippen molar-refractivity contribution in [1.29, 1.82) is 0 Å². The molecule has 1 aromatic heterocycles. The lowest BCUT2D eigenvalue weighted by molar-refractivity contribution is 0.411. The van der Waals surface area contributed by atoms with Crippen molar-refractivity contribution in [2.24, 2.45) is 0 Å². The van der Waals surface area contributed by atoms with E-state index in [1.165, 1.54) is 29.1 Å². The summed E-state index contributed by atoms with van der Waals surface area (Å²) >= 11 is 1.87. The molecule has 1 N–H and O–H groups in total. The van der Waals surface area contributed by atoms with Crippen LogP contribution in [-0.4, -0.2) is 11.5 Å². The molecule has 2 rings (SSSR count). The number of nitrogens with one attached hydrogen (secondary N) is 1. The first kappa shape index (κ1) is 9.16. The Morgan fingerprint density at radius 2 is 2.54 bits per heavy atom. The number of aromatic nitrogens is 1. The van der Waals surface area contributed by atoms with Gasteiger partial charge in [-0.25, -0.2) is 4.98 Å². The molecular formula is C10H16N2S. The Balaban J connectivity index is 2.05. The van der Waals surface area contributed by atoms with Crippen molar-refractivity contribution in [2.75, 3.05) is 6.54 Å². The molecule has 1 aliphatic heterocycles. The summed E-state index contributed by atoms with van der Waals surface area (Å²) in [7, 11) is 0. The fourth-order valence-electron chi connectivity index (χ4n) is 1.71. The fourth-order valence-corrected chi connectivity index (χ4v) is 2.68. The highest BCUT2D eigenvalue weighted by molar-refractivity contribution is 7.11. The molecule has 0 saturated carbocycles. The third kappa shape index (κ3) is 2.09. The van der Waals surface area contributed by atoms with Crippen LogP contribution < -0.4 is 5.32 Å². The average Bonchev–Trinajstić information content (AvgIpc) is 2.67. The standard InChI is InChI=1S/C10H16N2S/c1-2-8-7-12-10(13-8)9-5-3-4-6-11-9/h7,9,11H,2-6H2,1H3. The second kappa shape index (κ2) is 4.20. The van der Waals surface area contributed by atoms with Crippen LogP contribution in [-0.2, 0) is 6.42 Å². The van der Waals surface area contributed by atoms with Gasteiger partial charge in [0.2, 0.25) is 0 Å². The van der Waals surface area contributed by atoms with Crippen molar-refractivity contribution >= 4 is 11.3 Å². The van der Waals surface area contributed by atoms with Crippen molar-refractivity contribution in [2.45, 2.75) is 38.6 Å². The summed E-state index contributed by atoms with van der Waals surface area (Å²) in [5.74, 6) is 0. The van der Waals surface area contributed by atoms with E-state index in [1.54, 1.807) is 0 Å². The largest absolute Gasteiger partial charge is 0.308 e. The Morgan fingerprint density at radius 1 is 1.62 bits per heavy atom. The van der Waals surface area contributed by atoms with Gasteiger partial charge in [-0.2, -0.15) is 0 Å². The van der Waals surface area contributed by atoms with Crippen molar-refractivity contribution < 1.29 is 0 Å². The van der Waals surface area contributed by atoms with E-state index in [-0.39, 0.29) is 0 Å². The fraction of sp³-hybridized carbons (Fsp3) is 0.700. The van der Waals surface area contributed by atoms with Crippen LogP contribution in [0.5, 0.6) is 0 Å². The number of thiazole rings is 1. The van der Waals surface area contributed by atoms with Gasteiger partial charge in [0.15, 0.2) is 0 Å². The molecule has 2 nitrogen and oxygen atoms in total. The van der Waals surface area contributed by atoms with E-state index >= 15 is 0 Å². The number of rotatable bonds is 2. The Bertz CT molecular complexity index is 264. The molecule has 1 unspecified atom stereocenters. The molecule has 0 radical (unpaired) electrons. The summed E-state index contributed by atoms with van der Waals surface area (Å²) in [6.45, 7) is 3.34. The third-order valence-electron chi connectivity index (χ3n) is 2.53. The molecule has 0 aliphatic carbocycles. The summed E-state index contributed by atoms with van der Waals surface area (Å²) < 4.78 is 0. The number of hydrogen-bond acceptors (Lipinski definition) is 3. The SMILES string of the molecule is CCc1cnc(C2CCCCN2)s1. The monoisotopic (exact) mass is 196 g/mol. The Morgan fingerprint density at radius 3 is 3.15 bits per heavy atom. The van der Waals surface area contributed by atoms with Gasteiger partial charge in [0, 0.05) is 11.1 Å². The van der Waals surface area contributed by atoms with Crippen molar-refractivity contribution in [1.82, 2.24) is 10.3 Å². The molecule has 13 heavy (non-hydrogen) atoms. The van der Waals surface area contributed by atoms with Crippen molar-refractivity contribution in [3.8, 4) is 0 Å². The average molecular weight is 196 g/mol. The van der Waals surface area contributed by atoms with Crippen LogP contribution in [0.2, 0.25) is 0 Å². The third-order valence-corrected chi connectivity index (χ3v) is 3.78.